The number of hydrogen-bond donors (Lipinski definition) is 1. The van der Waals surface area contributed by atoms with Crippen LogP contribution < -0.4 is 0 Å². The van der Waals surface area contributed by atoms with Crippen molar-refractivity contribution in [2.75, 3.05) is 13.1 Å². The predicted octanol–water partition coefficient (Wildman–Crippen LogP) is 3.68. The molecule has 1 aliphatic carbocycles. The van der Waals surface area contributed by atoms with Crippen LogP contribution in [0, 0.1) is 5.41 Å². The van der Waals surface area contributed by atoms with E-state index in [1.165, 1.54) is 38.5 Å². The summed E-state index contributed by atoms with van der Waals surface area (Å²) >= 11 is 0. The molecule has 2 fully saturated rings. The van der Waals surface area contributed by atoms with E-state index in [4.69, 9.17) is 0 Å². The van der Waals surface area contributed by atoms with Crippen molar-refractivity contribution in [1.82, 2.24) is 4.90 Å². The first-order chi connectivity index (χ1) is 9.06. The summed E-state index contributed by atoms with van der Waals surface area (Å²) in [6, 6.07) is 0. The molecule has 19 heavy (non-hydrogen) atoms. The quantitative estimate of drug-likeness (QED) is 0.765. The molecule has 2 rings (SSSR count). The molecule has 0 radical (unpaired) electrons. The van der Waals surface area contributed by atoms with Gasteiger partial charge in [-0.1, -0.05) is 39.5 Å². The third-order valence-electron chi connectivity index (χ3n) is 5.30. The summed E-state index contributed by atoms with van der Waals surface area (Å²) in [6.07, 6.45) is 10.1. The van der Waals surface area contributed by atoms with Crippen molar-refractivity contribution in [3.8, 4) is 0 Å². The number of carboxylic acid groups (broad SMARTS) is 1. The smallest absolute Gasteiger partial charge is 0.305 e. The molecule has 1 heterocycles. The normalized spacial score (nSPS) is 25.2. The zero-order valence-electron chi connectivity index (χ0n) is 12.6. The van der Waals surface area contributed by atoms with Crippen molar-refractivity contribution in [2.45, 2.75) is 77.2 Å². The lowest BCUT2D eigenvalue weighted by Crippen LogP contribution is -2.65. The number of nitrogens with zero attached hydrogens (tertiary/aromatic N) is 1. The Bertz CT molecular complexity index is 307. The van der Waals surface area contributed by atoms with E-state index >= 15 is 0 Å². The lowest BCUT2D eigenvalue weighted by molar-refractivity contribution is -0.146. The summed E-state index contributed by atoms with van der Waals surface area (Å²) in [4.78, 5) is 13.7. The van der Waals surface area contributed by atoms with E-state index < -0.39 is 5.97 Å². The fraction of sp³-hybridized carbons (Fsp3) is 0.938. The first-order valence-corrected chi connectivity index (χ1v) is 8.03. The second-order valence-electron chi connectivity index (χ2n) is 6.86. The van der Waals surface area contributed by atoms with Gasteiger partial charge in [-0.3, -0.25) is 9.69 Å². The van der Waals surface area contributed by atoms with E-state index in [-0.39, 0.29) is 5.54 Å². The second-order valence-corrected chi connectivity index (χ2v) is 6.86. The fourth-order valence-corrected chi connectivity index (χ4v) is 4.52. The van der Waals surface area contributed by atoms with Gasteiger partial charge < -0.3 is 5.11 Å². The molecule has 0 aromatic carbocycles. The van der Waals surface area contributed by atoms with Crippen LogP contribution in [-0.2, 0) is 4.79 Å². The number of carboxylic acids is 1. The van der Waals surface area contributed by atoms with Crippen LogP contribution in [0.4, 0.5) is 0 Å². The van der Waals surface area contributed by atoms with Crippen LogP contribution in [0.1, 0.15) is 71.6 Å². The highest BCUT2D eigenvalue weighted by Crippen LogP contribution is 2.48. The Kier molecular flexibility index (Phi) is 4.54. The van der Waals surface area contributed by atoms with Gasteiger partial charge in [0, 0.05) is 18.6 Å². The van der Waals surface area contributed by atoms with Crippen LogP contribution in [0.25, 0.3) is 0 Å². The molecule has 1 saturated heterocycles. The summed E-state index contributed by atoms with van der Waals surface area (Å²) in [6.45, 7) is 6.81. The van der Waals surface area contributed by atoms with E-state index in [1.807, 2.05) is 0 Å². The largest absolute Gasteiger partial charge is 0.481 e. The van der Waals surface area contributed by atoms with Gasteiger partial charge in [0.05, 0.1) is 6.42 Å². The van der Waals surface area contributed by atoms with E-state index in [1.54, 1.807) is 0 Å². The monoisotopic (exact) mass is 267 g/mol. The summed E-state index contributed by atoms with van der Waals surface area (Å²) in [5.74, 6) is -0.620. The van der Waals surface area contributed by atoms with Crippen LogP contribution in [0.2, 0.25) is 0 Å². The molecule has 1 N–H and O–H groups in total. The summed E-state index contributed by atoms with van der Waals surface area (Å²) in [7, 11) is 0. The molecule has 1 saturated carbocycles. The number of carbonyl (C=O) groups is 1. The van der Waals surface area contributed by atoms with Gasteiger partial charge in [0.25, 0.3) is 0 Å². The Labute approximate surface area is 117 Å². The minimum atomic E-state index is -0.620. The number of aliphatic carboxylic acids is 1. The first-order valence-electron chi connectivity index (χ1n) is 8.03. The Morgan fingerprint density at radius 3 is 2.05 bits per heavy atom. The van der Waals surface area contributed by atoms with E-state index in [0.29, 0.717) is 11.8 Å². The number of hydrogen-bond acceptors (Lipinski definition) is 2. The molecule has 2 aliphatic rings. The van der Waals surface area contributed by atoms with Crippen molar-refractivity contribution in [3.63, 3.8) is 0 Å². The molecule has 1 aliphatic heterocycles. The van der Waals surface area contributed by atoms with Gasteiger partial charge in [-0.2, -0.15) is 0 Å². The maximum atomic E-state index is 11.2. The van der Waals surface area contributed by atoms with Gasteiger partial charge in [-0.05, 0) is 31.1 Å². The van der Waals surface area contributed by atoms with Crippen molar-refractivity contribution < 1.29 is 9.90 Å². The molecule has 0 aromatic heterocycles. The van der Waals surface area contributed by atoms with Crippen molar-refractivity contribution in [3.05, 3.63) is 0 Å². The zero-order valence-corrected chi connectivity index (χ0v) is 12.6. The summed E-state index contributed by atoms with van der Waals surface area (Å²) in [5, 5.41) is 9.22. The van der Waals surface area contributed by atoms with Gasteiger partial charge in [0.15, 0.2) is 0 Å². The molecule has 0 amide bonds. The maximum Gasteiger partial charge on any atom is 0.305 e. The summed E-state index contributed by atoms with van der Waals surface area (Å²) in [5.41, 5.74) is 0.494. The number of rotatable bonds is 7. The highest BCUT2D eigenvalue weighted by atomic mass is 16.4. The summed E-state index contributed by atoms with van der Waals surface area (Å²) < 4.78 is 0. The Morgan fingerprint density at radius 1 is 1.11 bits per heavy atom. The minimum absolute atomic E-state index is 0.00316. The van der Waals surface area contributed by atoms with E-state index in [0.717, 1.165) is 25.9 Å². The molecule has 0 atom stereocenters. The van der Waals surface area contributed by atoms with Crippen molar-refractivity contribution in [1.29, 1.82) is 0 Å². The predicted molar refractivity (Wildman–Crippen MR) is 77.3 cm³/mol. The van der Waals surface area contributed by atoms with Gasteiger partial charge in [-0.15, -0.1) is 0 Å². The first kappa shape index (κ1) is 14.8. The molecule has 0 unspecified atom stereocenters. The average Bonchev–Trinajstić information content (AvgIpc) is 2.74. The van der Waals surface area contributed by atoms with Crippen LogP contribution in [-0.4, -0.2) is 34.6 Å². The standard InChI is InChI=1S/C16H29NO2/c1-3-7-15(8-4-2)12-17(13-15)16(11-14(18)19)9-5-6-10-16/h3-13H2,1-2H3,(H,18,19). The van der Waals surface area contributed by atoms with Crippen LogP contribution >= 0.6 is 0 Å². The Morgan fingerprint density at radius 2 is 1.63 bits per heavy atom. The molecular formula is C16H29NO2. The molecule has 3 nitrogen and oxygen atoms in total. The van der Waals surface area contributed by atoms with Gasteiger partial charge in [0.2, 0.25) is 0 Å². The highest BCUT2D eigenvalue weighted by Gasteiger charge is 2.51. The van der Waals surface area contributed by atoms with Crippen LogP contribution in [0.3, 0.4) is 0 Å². The zero-order chi connectivity index (χ0) is 13.9. The lowest BCUT2D eigenvalue weighted by atomic mass is 9.69. The minimum Gasteiger partial charge on any atom is -0.481 e. The SMILES string of the molecule is CCCC1(CCC)CN(C2(CC(=O)O)CCCC2)C1. The molecule has 110 valence electrons. The van der Waals surface area contributed by atoms with Crippen molar-refractivity contribution >= 4 is 5.97 Å². The topological polar surface area (TPSA) is 40.5 Å². The highest BCUT2D eigenvalue weighted by molar-refractivity contribution is 5.68. The third-order valence-corrected chi connectivity index (χ3v) is 5.30. The fourth-order valence-electron chi connectivity index (χ4n) is 4.52. The maximum absolute atomic E-state index is 11.2. The lowest BCUT2D eigenvalue weighted by Gasteiger charge is -2.58. The van der Waals surface area contributed by atoms with Gasteiger partial charge in [0.1, 0.15) is 0 Å². The van der Waals surface area contributed by atoms with E-state index in [2.05, 4.69) is 18.7 Å². The third kappa shape index (κ3) is 2.96. The number of likely N-dealkylation sites (tertiary alicyclic amines) is 1. The molecular weight excluding hydrogens is 238 g/mol. The van der Waals surface area contributed by atoms with Gasteiger partial charge in [-0.25, -0.2) is 0 Å². The van der Waals surface area contributed by atoms with E-state index in [9.17, 15) is 9.90 Å². The van der Waals surface area contributed by atoms with Crippen LogP contribution in [0.5, 0.6) is 0 Å². The van der Waals surface area contributed by atoms with Crippen molar-refractivity contribution in [2.24, 2.45) is 5.41 Å². The Hall–Kier alpha value is -0.570. The average molecular weight is 267 g/mol. The second kappa shape index (κ2) is 5.82. The molecule has 0 aromatic rings. The molecule has 0 bridgehead atoms. The van der Waals surface area contributed by atoms with Crippen LogP contribution in [0.15, 0.2) is 0 Å². The molecule has 0 spiro atoms. The Balaban J connectivity index is 2.00. The van der Waals surface area contributed by atoms with Gasteiger partial charge >= 0.3 is 5.97 Å². The molecule has 3 heteroatoms.